The maximum atomic E-state index is 12.8. The van der Waals surface area contributed by atoms with Gasteiger partial charge in [0.15, 0.2) is 0 Å². The lowest BCUT2D eigenvalue weighted by Gasteiger charge is -2.44. The standard InChI is InChI=1S/C22H30N2O3/c1-21(2,3)15-6-4-5-13(7-15)18-16-10-24(11-17(16)18)19(25)14-8-22(9-14)12-27-20(26)23-22/h4-7,14,16-18,20,23,26H,8-12H2,1-3H3/t14-,16-,17+,18+,20?,22+. The molecule has 2 heterocycles. The van der Waals surface area contributed by atoms with Crippen LogP contribution in [0.1, 0.15) is 50.7 Å². The van der Waals surface area contributed by atoms with E-state index in [9.17, 15) is 9.90 Å². The van der Waals surface area contributed by atoms with Crippen molar-refractivity contribution >= 4 is 5.91 Å². The molecule has 4 atom stereocenters. The number of amides is 1. The summed E-state index contributed by atoms with van der Waals surface area (Å²) in [7, 11) is 0. The number of carbonyl (C=O) groups excluding carboxylic acids is 1. The van der Waals surface area contributed by atoms with E-state index in [2.05, 4.69) is 55.3 Å². The van der Waals surface area contributed by atoms with E-state index < -0.39 is 6.41 Å². The van der Waals surface area contributed by atoms with Crippen molar-refractivity contribution in [1.82, 2.24) is 10.2 Å². The molecule has 2 saturated carbocycles. The molecule has 2 aliphatic heterocycles. The molecule has 5 heteroatoms. The van der Waals surface area contributed by atoms with Crippen LogP contribution in [0.5, 0.6) is 0 Å². The summed E-state index contributed by atoms with van der Waals surface area (Å²) >= 11 is 0. The summed E-state index contributed by atoms with van der Waals surface area (Å²) in [6, 6.07) is 9.05. The molecule has 1 aromatic carbocycles. The van der Waals surface area contributed by atoms with Crippen molar-refractivity contribution in [1.29, 1.82) is 0 Å². The maximum Gasteiger partial charge on any atom is 0.225 e. The Morgan fingerprint density at radius 2 is 1.96 bits per heavy atom. The number of carbonyl (C=O) groups is 1. The Morgan fingerprint density at radius 1 is 1.26 bits per heavy atom. The van der Waals surface area contributed by atoms with Crippen LogP contribution in [-0.4, -0.2) is 47.6 Å². The highest BCUT2D eigenvalue weighted by Gasteiger charge is 2.59. The van der Waals surface area contributed by atoms with Gasteiger partial charge in [0.05, 0.1) is 6.61 Å². The van der Waals surface area contributed by atoms with Gasteiger partial charge in [-0.1, -0.05) is 45.0 Å². The number of benzene rings is 1. The summed E-state index contributed by atoms with van der Waals surface area (Å²) in [6.45, 7) is 9.10. The van der Waals surface area contributed by atoms with Crippen LogP contribution in [0.2, 0.25) is 0 Å². The first-order valence-corrected chi connectivity index (χ1v) is 10.2. The molecule has 2 aliphatic carbocycles. The molecule has 0 bridgehead atoms. The summed E-state index contributed by atoms with van der Waals surface area (Å²) < 4.78 is 5.20. The molecule has 0 aromatic heterocycles. The van der Waals surface area contributed by atoms with E-state index in [4.69, 9.17) is 4.74 Å². The zero-order valence-electron chi connectivity index (χ0n) is 16.4. The van der Waals surface area contributed by atoms with E-state index in [0.29, 0.717) is 30.3 Å². The molecule has 1 spiro atoms. The van der Waals surface area contributed by atoms with Crippen LogP contribution in [0, 0.1) is 17.8 Å². The first-order chi connectivity index (χ1) is 12.8. The highest BCUT2D eigenvalue weighted by atomic mass is 16.6. The van der Waals surface area contributed by atoms with E-state index in [1.165, 1.54) is 11.1 Å². The summed E-state index contributed by atoms with van der Waals surface area (Å²) in [5.74, 6) is 2.29. The van der Waals surface area contributed by atoms with Gasteiger partial charge in [0.25, 0.3) is 0 Å². The van der Waals surface area contributed by atoms with Crippen molar-refractivity contribution in [2.75, 3.05) is 19.7 Å². The normalized spacial score (nSPS) is 40.1. The third-order valence-electron chi connectivity index (χ3n) is 7.21. The zero-order valence-corrected chi connectivity index (χ0v) is 16.4. The number of rotatable bonds is 2. The second kappa shape index (κ2) is 5.79. The minimum absolute atomic E-state index is 0.0894. The highest BCUT2D eigenvalue weighted by molar-refractivity contribution is 5.81. The Hall–Kier alpha value is -1.43. The zero-order chi connectivity index (χ0) is 19.0. The van der Waals surface area contributed by atoms with E-state index in [1.54, 1.807) is 0 Å². The topological polar surface area (TPSA) is 61.8 Å². The first kappa shape index (κ1) is 17.7. The van der Waals surface area contributed by atoms with Gasteiger partial charge in [-0.15, -0.1) is 0 Å². The predicted molar refractivity (Wildman–Crippen MR) is 102 cm³/mol. The second-order valence-corrected chi connectivity index (χ2v) is 10.2. The van der Waals surface area contributed by atoms with Gasteiger partial charge in [-0.05, 0) is 47.1 Å². The van der Waals surface area contributed by atoms with Gasteiger partial charge in [-0.3, -0.25) is 10.1 Å². The lowest BCUT2D eigenvalue weighted by Crippen LogP contribution is -2.58. The van der Waals surface area contributed by atoms with Crippen LogP contribution in [0.3, 0.4) is 0 Å². The fraction of sp³-hybridized carbons (Fsp3) is 0.682. The van der Waals surface area contributed by atoms with Crippen LogP contribution in [-0.2, 0) is 14.9 Å². The average molecular weight is 370 g/mol. The highest BCUT2D eigenvalue weighted by Crippen LogP contribution is 2.59. The molecular formula is C22H30N2O3. The molecule has 146 valence electrons. The lowest BCUT2D eigenvalue weighted by atomic mass is 9.68. The van der Waals surface area contributed by atoms with Gasteiger partial charge >= 0.3 is 0 Å². The molecule has 1 unspecified atom stereocenters. The van der Waals surface area contributed by atoms with Crippen molar-refractivity contribution in [2.24, 2.45) is 17.8 Å². The molecule has 4 fully saturated rings. The van der Waals surface area contributed by atoms with Crippen molar-refractivity contribution in [2.45, 2.75) is 56.9 Å². The monoisotopic (exact) mass is 370 g/mol. The number of piperidine rings is 1. The summed E-state index contributed by atoms with van der Waals surface area (Å²) in [5.41, 5.74) is 2.85. The quantitative estimate of drug-likeness (QED) is 0.838. The number of hydrogen-bond acceptors (Lipinski definition) is 4. The van der Waals surface area contributed by atoms with E-state index in [0.717, 1.165) is 25.9 Å². The minimum atomic E-state index is -0.870. The molecule has 2 N–H and O–H groups in total. The molecule has 27 heavy (non-hydrogen) atoms. The van der Waals surface area contributed by atoms with Crippen LogP contribution in [0.4, 0.5) is 0 Å². The largest absolute Gasteiger partial charge is 0.356 e. The van der Waals surface area contributed by atoms with Crippen molar-refractivity contribution in [3.05, 3.63) is 35.4 Å². The molecule has 4 aliphatic rings. The van der Waals surface area contributed by atoms with Gasteiger partial charge in [0, 0.05) is 24.5 Å². The Balaban J connectivity index is 1.18. The number of likely N-dealkylation sites (tertiary alicyclic amines) is 1. The molecule has 1 aromatic rings. The average Bonchev–Trinajstić information content (AvgIpc) is 2.93. The van der Waals surface area contributed by atoms with Gasteiger partial charge < -0.3 is 14.7 Å². The Morgan fingerprint density at radius 3 is 2.56 bits per heavy atom. The van der Waals surface area contributed by atoms with E-state index in [1.807, 2.05) is 0 Å². The molecule has 5 rings (SSSR count). The minimum Gasteiger partial charge on any atom is -0.356 e. The summed E-state index contributed by atoms with van der Waals surface area (Å²) in [5, 5.41) is 12.6. The van der Waals surface area contributed by atoms with Gasteiger partial charge in [-0.2, -0.15) is 0 Å². The number of aliphatic hydroxyl groups excluding tert-OH is 1. The molecule has 5 nitrogen and oxygen atoms in total. The lowest BCUT2D eigenvalue weighted by molar-refractivity contribution is -0.140. The Labute approximate surface area is 161 Å². The summed E-state index contributed by atoms with van der Waals surface area (Å²) in [6.07, 6.45) is 0.697. The maximum absolute atomic E-state index is 12.8. The van der Waals surface area contributed by atoms with Crippen molar-refractivity contribution in [3.8, 4) is 0 Å². The number of nitrogens with one attached hydrogen (secondary N) is 1. The number of ether oxygens (including phenoxy) is 1. The van der Waals surface area contributed by atoms with Crippen LogP contribution >= 0.6 is 0 Å². The smallest absolute Gasteiger partial charge is 0.225 e. The van der Waals surface area contributed by atoms with Crippen molar-refractivity contribution in [3.63, 3.8) is 0 Å². The third kappa shape index (κ3) is 2.91. The fourth-order valence-electron chi connectivity index (χ4n) is 5.55. The second-order valence-electron chi connectivity index (χ2n) is 10.2. The fourth-order valence-corrected chi connectivity index (χ4v) is 5.55. The molecule has 0 radical (unpaired) electrons. The Kier molecular flexibility index (Phi) is 3.78. The van der Waals surface area contributed by atoms with E-state index in [-0.39, 0.29) is 16.9 Å². The number of aliphatic hydroxyl groups is 1. The molecule has 2 saturated heterocycles. The molecular weight excluding hydrogens is 340 g/mol. The summed E-state index contributed by atoms with van der Waals surface area (Å²) in [4.78, 5) is 14.9. The third-order valence-corrected chi connectivity index (χ3v) is 7.21. The SMILES string of the molecule is CC(C)(C)c1cccc([C@H]2[C@@H]3CN(C(=O)[C@H]4C[C@]5(COC(O)N5)C4)C[C@@H]32)c1. The van der Waals surface area contributed by atoms with E-state index >= 15 is 0 Å². The van der Waals surface area contributed by atoms with Crippen LogP contribution in [0.15, 0.2) is 24.3 Å². The van der Waals surface area contributed by atoms with Gasteiger partial charge in [0.1, 0.15) is 0 Å². The number of fused-ring (bicyclic) bond motifs is 1. The van der Waals surface area contributed by atoms with Crippen LogP contribution in [0.25, 0.3) is 0 Å². The Bertz CT molecular complexity index is 753. The predicted octanol–water partition coefficient (Wildman–Crippen LogP) is 2.20. The number of nitrogens with zero attached hydrogens (tertiary/aromatic N) is 1. The number of hydrogen-bond donors (Lipinski definition) is 2. The van der Waals surface area contributed by atoms with Crippen molar-refractivity contribution < 1.29 is 14.6 Å². The van der Waals surface area contributed by atoms with Gasteiger partial charge in [-0.25, -0.2) is 0 Å². The van der Waals surface area contributed by atoms with Gasteiger partial charge in [0.2, 0.25) is 12.3 Å². The molecule has 1 amide bonds. The first-order valence-electron chi connectivity index (χ1n) is 10.2. The van der Waals surface area contributed by atoms with Crippen LogP contribution < -0.4 is 5.32 Å².